The molecule has 5 nitrogen and oxygen atoms in total. The van der Waals surface area contributed by atoms with Gasteiger partial charge in [-0.2, -0.15) is 0 Å². The molecule has 0 unspecified atom stereocenters. The van der Waals surface area contributed by atoms with Gasteiger partial charge in [0.2, 0.25) is 5.91 Å². The van der Waals surface area contributed by atoms with E-state index in [9.17, 15) is 9.59 Å². The topological polar surface area (TPSA) is 70.8 Å². The fourth-order valence-electron chi connectivity index (χ4n) is 2.48. The first-order valence-electron chi connectivity index (χ1n) is 6.89. The predicted molar refractivity (Wildman–Crippen MR) is 73.5 cm³/mol. The molecule has 0 spiro atoms. The molecule has 0 saturated carbocycles. The zero-order chi connectivity index (χ0) is 14.9. The van der Waals surface area contributed by atoms with Gasteiger partial charge in [0.15, 0.2) is 0 Å². The molecule has 0 aliphatic carbocycles. The van der Waals surface area contributed by atoms with Gasteiger partial charge < -0.3 is 14.4 Å². The monoisotopic (exact) mass is 279 g/mol. The summed E-state index contributed by atoms with van der Waals surface area (Å²) in [6.45, 7) is 7.00. The maximum absolute atomic E-state index is 12.1. The molecule has 0 atom stereocenters. The molecule has 0 aromatic carbocycles. The zero-order valence-corrected chi connectivity index (χ0v) is 12.2. The molecule has 0 bridgehead atoms. The van der Waals surface area contributed by atoms with Crippen LogP contribution < -0.4 is 0 Å². The van der Waals surface area contributed by atoms with E-state index in [4.69, 9.17) is 9.52 Å². The molecule has 1 aliphatic rings. The minimum atomic E-state index is -0.999. The molecule has 1 saturated heterocycles. The maximum Gasteiger partial charge on any atom is 0.339 e. The fraction of sp³-hybridized carbons (Fsp3) is 0.600. The number of carbonyl (C=O) groups excluding carboxylic acids is 1. The molecule has 2 rings (SSSR count). The number of hydrogen-bond acceptors (Lipinski definition) is 3. The molecule has 1 aliphatic heterocycles. The second-order valence-electron chi connectivity index (χ2n) is 6.22. The van der Waals surface area contributed by atoms with Crippen molar-refractivity contribution < 1.29 is 19.1 Å². The normalized spacial score (nSPS) is 18.9. The van der Waals surface area contributed by atoms with Crippen LogP contribution in [0.4, 0.5) is 0 Å². The summed E-state index contributed by atoms with van der Waals surface area (Å²) in [5, 5.41) is 9.01. The first-order valence-corrected chi connectivity index (χ1v) is 6.89. The molecule has 1 aromatic rings. The van der Waals surface area contributed by atoms with Crippen LogP contribution in [0.3, 0.4) is 0 Å². The number of carboxylic acid groups (broad SMARTS) is 1. The van der Waals surface area contributed by atoms with Crippen LogP contribution in [0.2, 0.25) is 0 Å². The number of carboxylic acids is 1. The van der Waals surface area contributed by atoms with Gasteiger partial charge in [0, 0.05) is 13.0 Å². The van der Waals surface area contributed by atoms with E-state index in [-0.39, 0.29) is 16.9 Å². The van der Waals surface area contributed by atoms with Crippen LogP contribution in [0.15, 0.2) is 10.5 Å². The lowest BCUT2D eigenvalue weighted by atomic mass is 9.85. The number of aromatic carboxylic acids is 1. The maximum atomic E-state index is 12.1. The molecule has 20 heavy (non-hydrogen) atoms. The second kappa shape index (κ2) is 5.31. The number of likely N-dealkylation sites (tertiary alicyclic amines) is 1. The smallest absolute Gasteiger partial charge is 0.339 e. The lowest BCUT2D eigenvalue weighted by molar-refractivity contribution is -0.131. The Morgan fingerprint density at radius 3 is 2.75 bits per heavy atom. The standard InChI is InChI=1S/C15H21NO4/c1-10-12(14(18)19)8-11(20-10)9-16-7-6-15(2,3)5-4-13(16)17/h8H,4-7,9H2,1-3H3,(H,18,19). The van der Waals surface area contributed by atoms with E-state index in [0.29, 0.717) is 31.0 Å². The largest absolute Gasteiger partial charge is 0.478 e. The molecule has 1 amide bonds. The zero-order valence-electron chi connectivity index (χ0n) is 12.2. The number of hydrogen-bond donors (Lipinski definition) is 1. The average molecular weight is 279 g/mol. The molecule has 0 radical (unpaired) electrons. The quantitative estimate of drug-likeness (QED) is 0.923. The van der Waals surface area contributed by atoms with Crippen LogP contribution in [-0.4, -0.2) is 28.4 Å². The summed E-state index contributed by atoms with van der Waals surface area (Å²) in [5.74, 6) is 0.0328. The molecule has 5 heteroatoms. The average Bonchev–Trinajstić information content (AvgIpc) is 2.67. The molecule has 2 heterocycles. The fourth-order valence-corrected chi connectivity index (χ4v) is 2.48. The van der Waals surface area contributed by atoms with Crippen LogP contribution in [0, 0.1) is 12.3 Å². The third kappa shape index (κ3) is 3.21. The van der Waals surface area contributed by atoms with E-state index in [1.165, 1.54) is 6.07 Å². The highest BCUT2D eigenvalue weighted by Gasteiger charge is 2.28. The Bertz CT molecular complexity index is 530. The molecule has 1 aromatic heterocycles. The Balaban J connectivity index is 2.11. The first kappa shape index (κ1) is 14.6. The highest BCUT2D eigenvalue weighted by atomic mass is 16.4. The molecular weight excluding hydrogens is 258 g/mol. The van der Waals surface area contributed by atoms with E-state index >= 15 is 0 Å². The van der Waals surface area contributed by atoms with Crippen molar-refractivity contribution in [2.45, 2.75) is 46.6 Å². The van der Waals surface area contributed by atoms with E-state index in [1.54, 1.807) is 11.8 Å². The van der Waals surface area contributed by atoms with Gasteiger partial charge in [-0.3, -0.25) is 4.79 Å². The number of furan rings is 1. The van der Waals surface area contributed by atoms with Crippen molar-refractivity contribution in [2.75, 3.05) is 6.54 Å². The third-order valence-corrected chi connectivity index (χ3v) is 3.97. The lowest BCUT2D eigenvalue weighted by Gasteiger charge is -2.22. The van der Waals surface area contributed by atoms with Crippen LogP contribution in [0.5, 0.6) is 0 Å². The van der Waals surface area contributed by atoms with Crippen LogP contribution in [0.1, 0.15) is 55.0 Å². The number of aryl methyl sites for hydroxylation is 1. The summed E-state index contributed by atoms with van der Waals surface area (Å²) < 4.78 is 5.45. The van der Waals surface area contributed by atoms with Crippen LogP contribution in [-0.2, 0) is 11.3 Å². The Kier molecular flexibility index (Phi) is 3.88. The van der Waals surface area contributed by atoms with Crippen molar-refractivity contribution in [1.82, 2.24) is 4.90 Å². The first-order chi connectivity index (χ1) is 9.28. The highest BCUT2D eigenvalue weighted by molar-refractivity contribution is 5.88. The Hall–Kier alpha value is -1.78. The van der Waals surface area contributed by atoms with Gasteiger partial charge in [-0.15, -0.1) is 0 Å². The van der Waals surface area contributed by atoms with E-state index in [1.807, 2.05) is 0 Å². The Morgan fingerprint density at radius 1 is 1.45 bits per heavy atom. The van der Waals surface area contributed by atoms with Gasteiger partial charge in [0.25, 0.3) is 0 Å². The van der Waals surface area contributed by atoms with Crippen molar-refractivity contribution in [3.63, 3.8) is 0 Å². The summed E-state index contributed by atoms with van der Waals surface area (Å²) in [5.41, 5.74) is 0.345. The second-order valence-corrected chi connectivity index (χ2v) is 6.22. The Labute approximate surface area is 118 Å². The summed E-state index contributed by atoms with van der Waals surface area (Å²) >= 11 is 0. The molecule has 110 valence electrons. The summed E-state index contributed by atoms with van der Waals surface area (Å²) in [6.07, 6.45) is 2.38. The van der Waals surface area contributed by atoms with Gasteiger partial charge in [0.1, 0.15) is 17.1 Å². The van der Waals surface area contributed by atoms with Gasteiger partial charge >= 0.3 is 5.97 Å². The predicted octanol–water partition coefficient (Wildman–Crippen LogP) is 2.82. The van der Waals surface area contributed by atoms with E-state index in [0.717, 1.165) is 12.8 Å². The highest BCUT2D eigenvalue weighted by Crippen LogP contribution is 2.31. The van der Waals surface area contributed by atoms with Gasteiger partial charge in [-0.25, -0.2) is 4.79 Å². The number of nitrogens with zero attached hydrogens (tertiary/aromatic N) is 1. The minimum Gasteiger partial charge on any atom is -0.478 e. The van der Waals surface area contributed by atoms with E-state index < -0.39 is 5.97 Å². The van der Waals surface area contributed by atoms with E-state index in [2.05, 4.69) is 13.8 Å². The van der Waals surface area contributed by atoms with Crippen molar-refractivity contribution in [3.8, 4) is 0 Å². The number of amides is 1. The van der Waals surface area contributed by atoms with Gasteiger partial charge in [0.05, 0.1) is 6.54 Å². The minimum absolute atomic E-state index is 0.113. The van der Waals surface area contributed by atoms with Crippen LogP contribution in [0.25, 0.3) is 0 Å². The van der Waals surface area contributed by atoms with Crippen molar-refractivity contribution in [3.05, 3.63) is 23.2 Å². The van der Waals surface area contributed by atoms with Gasteiger partial charge in [-0.05, 0) is 31.2 Å². The number of rotatable bonds is 3. The number of carbonyl (C=O) groups is 2. The molecule has 1 fully saturated rings. The van der Waals surface area contributed by atoms with Crippen molar-refractivity contribution in [2.24, 2.45) is 5.41 Å². The summed E-state index contributed by atoms with van der Waals surface area (Å²) in [6, 6.07) is 1.51. The lowest BCUT2D eigenvalue weighted by Crippen LogP contribution is -2.29. The van der Waals surface area contributed by atoms with Crippen molar-refractivity contribution >= 4 is 11.9 Å². The summed E-state index contributed by atoms with van der Waals surface area (Å²) in [4.78, 5) is 24.9. The summed E-state index contributed by atoms with van der Waals surface area (Å²) in [7, 11) is 0. The van der Waals surface area contributed by atoms with Crippen LogP contribution >= 0.6 is 0 Å². The van der Waals surface area contributed by atoms with Crippen molar-refractivity contribution in [1.29, 1.82) is 0 Å². The SMILES string of the molecule is Cc1oc(CN2CCC(C)(C)CCC2=O)cc1C(=O)O. The van der Waals surface area contributed by atoms with Gasteiger partial charge in [-0.1, -0.05) is 13.8 Å². The molecule has 1 N–H and O–H groups in total. The molecular formula is C15H21NO4. The Morgan fingerprint density at radius 2 is 2.15 bits per heavy atom. The third-order valence-electron chi connectivity index (χ3n) is 3.97.